The lowest BCUT2D eigenvalue weighted by Crippen LogP contribution is -2.19. The SMILES string of the molecule is CCOC(=O)CN1[C@@H](C)[C@@H]1C(C)C. The Bertz CT molecular complexity index is 191. The van der Waals surface area contributed by atoms with Gasteiger partial charge >= 0.3 is 5.97 Å². The predicted molar refractivity (Wildman–Crippen MR) is 51.4 cm³/mol. The predicted octanol–water partition coefficient (Wildman–Crippen LogP) is 1.28. The van der Waals surface area contributed by atoms with Crippen molar-refractivity contribution in [2.45, 2.75) is 39.8 Å². The van der Waals surface area contributed by atoms with Crippen LogP contribution >= 0.6 is 0 Å². The van der Waals surface area contributed by atoms with Crippen LogP contribution in [-0.2, 0) is 9.53 Å². The molecule has 3 atom stereocenters. The van der Waals surface area contributed by atoms with Gasteiger partial charge in [0.1, 0.15) is 0 Å². The van der Waals surface area contributed by atoms with Crippen LogP contribution in [0.4, 0.5) is 0 Å². The maximum atomic E-state index is 11.1. The first-order valence-corrected chi connectivity index (χ1v) is 4.99. The second-order valence-corrected chi connectivity index (χ2v) is 3.95. The average Bonchev–Trinajstić information content (AvgIpc) is 2.61. The zero-order valence-corrected chi connectivity index (χ0v) is 8.91. The number of esters is 1. The largest absolute Gasteiger partial charge is 0.465 e. The van der Waals surface area contributed by atoms with E-state index in [1.807, 2.05) is 6.92 Å². The zero-order valence-electron chi connectivity index (χ0n) is 8.91. The van der Waals surface area contributed by atoms with Gasteiger partial charge in [0.05, 0.1) is 13.2 Å². The van der Waals surface area contributed by atoms with Crippen LogP contribution in [0.25, 0.3) is 0 Å². The number of rotatable bonds is 4. The standard InChI is InChI=1S/C10H19NO2/c1-5-13-9(12)6-11-8(4)10(11)7(2)3/h7-8,10H,5-6H2,1-4H3/t8-,10-,11?/m0/s1. The second-order valence-electron chi connectivity index (χ2n) is 3.95. The van der Waals surface area contributed by atoms with Crippen molar-refractivity contribution < 1.29 is 9.53 Å². The quantitative estimate of drug-likeness (QED) is 0.488. The van der Waals surface area contributed by atoms with Crippen molar-refractivity contribution in [3.05, 3.63) is 0 Å². The maximum Gasteiger partial charge on any atom is 0.320 e. The van der Waals surface area contributed by atoms with E-state index in [-0.39, 0.29) is 5.97 Å². The lowest BCUT2D eigenvalue weighted by atomic mass is 10.1. The summed E-state index contributed by atoms with van der Waals surface area (Å²) in [4.78, 5) is 13.3. The molecule has 3 nitrogen and oxygen atoms in total. The van der Waals surface area contributed by atoms with Crippen molar-refractivity contribution in [2.24, 2.45) is 5.92 Å². The van der Waals surface area contributed by atoms with Crippen LogP contribution in [-0.4, -0.2) is 36.1 Å². The Labute approximate surface area is 80.1 Å². The van der Waals surface area contributed by atoms with Crippen LogP contribution in [0.15, 0.2) is 0 Å². The molecule has 1 aliphatic rings. The van der Waals surface area contributed by atoms with Crippen molar-refractivity contribution >= 4 is 5.97 Å². The molecule has 0 radical (unpaired) electrons. The van der Waals surface area contributed by atoms with Gasteiger partial charge in [-0.3, -0.25) is 9.69 Å². The van der Waals surface area contributed by atoms with E-state index in [1.54, 1.807) is 0 Å². The van der Waals surface area contributed by atoms with E-state index in [0.717, 1.165) is 0 Å². The number of carbonyl (C=O) groups is 1. The van der Waals surface area contributed by atoms with Gasteiger partial charge in [-0.1, -0.05) is 13.8 Å². The van der Waals surface area contributed by atoms with E-state index < -0.39 is 0 Å². The highest BCUT2D eigenvalue weighted by atomic mass is 16.5. The first-order valence-electron chi connectivity index (χ1n) is 4.99. The summed E-state index contributed by atoms with van der Waals surface area (Å²) >= 11 is 0. The highest BCUT2D eigenvalue weighted by Crippen LogP contribution is 2.33. The summed E-state index contributed by atoms with van der Waals surface area (Å²) in [7, 11) is 0. The summed E-state index contributed by atoms with van der Waals surface area (Å²) in [5, 5.41) is 0. The highest BCUT2D eigenvalue weighted by molar-refractivity contribution is 5.72. The molecular formula is C10H19NO2. The fraction of sp³-hybridized carbons (Fsp3) is 0.900. The zero-order chi connectivity index (χ0) is 10.0. The monoisotopic (exact) mass is 185 g/mol. The van der Waals surface area contributed by atoms with Gasteiger partial charge in [0.2, 0.25) is 0 Å². The van der Waals surface area contributed by atoms with Gasteiger partial charge in [-0.15, -0.1) is 0 Å². The molecule has 0 amide bonds. The summed E-state index contributed by atoms with van der Waals surface area (Å²) in [6.07, 6.45) is 0. The second kappa shape index (κ2) is 4.09. The van der Waals surface area contributed by atoms with Gasteiger partial charge in [-0.2, -0.15) is 0 Å². The molecule has 3 heteroatoms. The van der Waals surface area contributed by atoms with Gasteiger partial charge in [0.25, 0.3) is 0 Å². The number of hydrogen-bond acceptors (Lipinski definition) is 3. The number of ether oxygens (including phenoxy) is 1. The van der Waals surface area contributed by atoms with Crippen molar-refractivity contribution in [2.75, 3.05) is 13.2 Å². The van der Waals surface area contributed by atoms with Crippen molar-refractivity contribution in [3.63, 3.8) is 0 Å². The van der Waals surface area contributed by atoms with Crippen LogP contribution in [0.5, 0.6) is 0 Å². The fourth-order valence-corrected chi connectivity index (χ4v) is 1.98. The minimum Gasteiger partial charge on any atom is -0.465 e. The molecule has 0 aromatic heterocycles. The van der Waals surface area contributed by atoms with Crippen molar-refractivity contribution in [3.8, 4) is 0 Å². The van der Waals surface area contributed by atoms with Crippen LogP contribution in [0.2, 0.25) is 0 Å². The Kier molecular flexibility index (Phi) is 3.31. The molecule has 13 heavy (non-hydrogen) atoms. The lowest BCUT2D eigenvalue weighted by molar-refractivity contribution is -0.143. The Hall–Kier alpha value is -0.570. The normalized spacial score (nSPS) is 31.9. The van der Waals surface area contributed by atoms with E-state index >= 15 is 0 Å². The van der Waals surface area contributed by atoms with Gasteiger partial charge in [-0.05, 0) is 19.8 Å². The van der Waals surface area contributed by atoms with Crippen LogP contribution in [0.1, 0.15) is 27.7 Å². The van der Waals surface area contributed by atoms with Gasteiger partial charge < -0.3 is 4.74 Å². The maximum absolute atomic E-state index is 11.1. The van der Waals surface area contributed by atoms with Crippen molar-refractivity contribution in [1.82, 2.24) is 4.90 Å². The van der Waals surface area contributed by atoms with Gasteiger partial charge in [0, 0.05) is 12.1 Å². The molecule has 0 aliphatic carbocycles. The molecule has 0 bridgehead atoms. The number of nitrogens with zero attached hydrogens (tertiary/aromatic N) is 1. The van der Waals surface area contributed by atoms with E-state index in [9.17, 15) is 4.79 Å². The Balaban J connectivity index is 2.28. The van der Waals surface area contributed by atoms with Gasteiger partial charge in [-0.25, -0.2) is 0 Å². The van der Waals surface area contributed by atoms with Crippen LogP contribution in [0.3, 0.4) is 0 Å². The smallest absolute Gasteiger partial charge is 0.320 e. The molecule has 0 aromatic rings. The molecule has 0 saturated carbocycles. The van der Waals surface area contributed by atoms with E-state index in [0.29, 0.717) is 31.2 Å². The van der Waals surface area contributed by atoms with E-state index in [1.165, 1.54) is 0 Å². The average molecular weight is 185 g/mol. The summed E-state index contributed by atoms with van der Waals surface area (Å²) < 4.78 is 4.89. The third-order valence-electron chi connectivity index (χ3n) is 2.61. The topological polar surface area (TPSA) is 29.3 Å². The Morgan fingerprint density at radius 1 is 1.54 bits per heavy atom. The Morgan fingerprint density at radius 2 is 2.15 bits per heavy atom. The first kappa shape index (κ1) is 10.5. The molecule has 0 aromatic carbocycles. The van der Waals surface area contributed by atoms with Crippen LogP contribution in [0, 0.1) is 5.92 Å². The molecule has 1 aliphatic heterocycles. The molecule has 1 heterocycles. The molecule has 1 saturated heterocycles. The summed E-state index contributed by atoms with van der Waals surface area (Å²) in [6, 6.07) is 1.12. The van der Waals surface area contributed by atoms with Crippen LogP contribution < -0.4 is 0 Å². The minimum atomic E-state index is -0.0995. The molecule has 1 rings (SSSR count). The molecule has 0 N–H and O–H groups in total. The third-order valence-corrected chi connectivity index (χ3v) is 2.61. The lowest BCUT2D eigenvalue weighted by Gasteiger charge is -2.05. The molecule has 0 spiro atoms. The van der Waals surface area contributed by atoms with E-state index in [4.69, 9.17) is 4.74 Å². The van der Waals surface area contributed by atoms with Gasteiger partial charge in [0.15, 0.2) is 0 Å². The molecule has 1 fully saturated rings. The number of carbonyl (C=O) groups excluding carboxylic acids is 1. The highest BCUT2D eigenvalue weighted by Gasteiger charge is 2.46. The van der Waals surface area contributed by atoms with E-state index in [2.05, 4.69) is 25.7 Å². The summed E-state index contributed by atoms with van der Waals surface area (Å²) in [5.41, 5.74) is 0. The van der Waals surface area contributed by atoms with Crippen molar-refractivity contribution in [1.29, 1.82) is 0 Å². The fourth-order valence-electron chi connectivity index (χ4n) is 1.98. The number of hydrogen-bond donors (Lipinski definition) is 0. The summed E-state index contributed by atoms with van der Waals surface area (Å²) in [6.45, 7) is 9.30. The summed E-state index contributed by atoms with van der Waals surface area (Å²) in [5.74, 6) is 0.530. The first-order chi connectivity index (χ1) is 6.07. The molecule has 76 valence electrons. The molecule has 1 unspecified atom stereocenters. The minimum absolute atomic E-state index is 0.0995. The molecular weight excluding hydrogens is 166 g/mol. The third kappa shape index (κ3) is 2.44. The Morgan fingerprint density at radius 3 is 2.54 bits per heavy atom.